The van der Waals surface area contributed by atoms with Crippen molar-refractivity contribution < 1.29 is 9.94 Å². The second kappa shape index (κ2) is 6.48. The molecular weight excluding hydrogens is 274 g/mol. The number of ether oxygens (including phenoxy) is 1. The highest BCUT2D eigenvalue weighted by Gasteiger charge is 2.25. The number of para-hydroxylation sites is 1. The average Bonchev–Trinajstić information content (AvgIpc) is 2.62. The third-order valence-corrected chi connectivity index (χ3v) is 4.14. The van der Waals surface area contributed by atoms with Gasteiger partial charge in [0.15, 0.2) is 0 Å². The molecule has 0 aromatic heterocycles. The van der Waals surface area contributed by atoms with Crippen LogP contribution in [0.5, 0.6) is 5.75 Å². The van der Waals surface area contributed by atoms with Crippen molar-refractivity contribution in [2.45, 2.75) is 18.8 Å². The minimum Gasteiger partial charge on any atom is -0.496 e. The molecule has 1 atom stereocenters. The Morgan fingerprint density at radius 1 is 1.05 bits per heavy atom. The van der Waals surface area contributed by atoms with Gasteiger partial charge in [0.1, 0.15) is 5.75 Å². The molecule has 3 nitrogen and oxygen atoms in total. The van der Waals surface area contributed by atoms with E-state index >= 15 is 0 Å². The van der Waals surface area contributed by atoms with Crippen LogP contribution in [0.15, 0.2) is 65.8 Å². The van der Waals surface area contributed by atoms with E-state index in [4.69, 9.17) is 9.94 Å². The highest BCUT2D eigenvalue weighted by atomic mass is 16.5. The predicted molar refractivity (Wildman–Crippen MR) is 88.6 cm³/mol. The zero-order valence-electron chi connectivity index (χ0n) is 12.6. The number of rotatable bonds is 3. The summed E-state index contributed by atoms with van der Waals surface area (Å²) < 4.78 is 5.53. The molecule has 22 heavy (non-hydrogen) atoms. The summed E-state index contributed by atoms with van der Waals surface area (Å²) in [7, 11) is 1.70. The molecule has 0 amide bonds. The molecule has 1 N–H and O–H groups in total. The van der Waals surface area contributed by atoms with E-state index in [9.17, 15) is 0 Å². The van der Waals surface area contributed by atoms with Crippen LogP contribution >= 0.6 is 0 Å². The number of allylic oxidation sites excluding steroid dienone is 2. The van der Waals surface area contributed by atoms with Crippen LogP contribution in [0.3, 0.4) is 0 Å². The lowest BCUT2D eigenvalue weighted by molar-refractivity contribution is 0.317. The topological polar surface area (TPSA) is 41.8 Å². The molecule has 0 heterocycles. The molecule has 0 radical (unpaired) electrons. The van der Waals surface area contributed by atoms with Crippen molar-refractivity contribution in [1.29, 1.82) is 0 Å². The van der Waals surface area contributed by atoms with E-state index in [1.165, 1.54) is 11.1 Å². The normalized spacial score (nSPS) is 19.8. The molecule has 3 heteroatoms. The highest BCUT2D eigenvalue weighted by Crippen LogP contribution is 2.42. The van der Waals surface area contributed by atoms with E-state index in [-0.39, 0.29) is 5.92 Å². The van der Waals surface area contributed by atoms with Crippen LogP contribution in [-0.4, -0.2) is 18.0 Å². The van der Waals surface area contributed by atoms with E-state index < -0.39 is 0 Å². The zero-order chi connectivity index (χ0) is 15.4. The summed E-state index contributed by atoms with van der Waals surface area (Å²) in [5, 5.41) is 12.5. The molecule has 3 rings (SSSR count). The number of nitrogens with zero attached hydrogens (tertiary/aromatic N) is 1. The highest BCUT2D eigenvalue weighted by molar-refractivity contribution is 6.03. The minimum absolute atomic E-state index is 0.240. The van der Waals surface area contributed by atoms with Crippen LogP contribution in [-0.2, 0) is 0 Å². The fourth-order valence-corrected chi connectivity index (χ4v) is 3.07. The molecule has 2 aromatic rings. The molecule has 1 aliphatic carbocycles. The quantitative estimate of drug-likeness (QED) is 0.669. The van der Waals surface area contributed by atoms with Gasteiger partial charge in [0.2, 0.25) is 0 Å². The van der Waals surface area contributed by atoms with E-state index in [1.807, 2.05) is 42.5 Å². The van der Waals surface area contributed by atoms with Gasteiger partial charge in [-0.1, -0.05) is 53.7 Å². The van der Waals surface area contributed by atoms with Gasteiger partial charge < -0.3 is 9.94 Å². The Kier molecular flexibility index (Phi) is 4.24. The Bertz CT molecular complexity index is 704. The first kappa shape index (κ1) is 14.4. The summed E-state index contributed by atoms with van der Waals surface area (Å²) in [6, 6.07) is 18.4. The maximum absolute atomic E-state index is 9.13. The summed E-state index contributed by atoms with van der Waals surface area (Å²) in [6.45, 7) is 0. The van der Waals surface area contributed by atoms with Gasteiger partial charge >= 0.3 is 0 Å². The van der Waals surface area contributed by atoms with Crippen molar-refractivity contribution in [3.63, 3.8) is 0 Å². The lowest BCUT2D eigenvalue weighted by Gasteiger charge is -2.26. The molecule has 1 unspecified atom stereocenters. The van der Waals surface area contributed by atoms with Crippen molar-refractivity contribution in [2.75, 3.05) is 7.11 Å². The Morgan fingerprint density at radius 2 is 1.77 bits per heavy atom. The molecule has 0 spiro atoms. The zero-order valence-corrected chi connectivity index (χ0v) is 12.6. The predicted octanol–water partition coefficient (Wildman–Crippen LogP) is 4.49. The first-order valence-electron chi connectivity index (χ1n) is 7.44. The smallest absolute Gasteiger partial charge is 0.122 e. The van der Waals surface area contributed by atoms with Gasteiger partial charge in [-0.25, -0.2) is 0 Å². The van der Waals surface area contributed by atoms with Crippen LogP contribution in [0.1, 0.15) is 29.9 Å². The van der Waals surface area contributed by atoms with E-state index in [2.05, 4.69) is 23.4 Å². The Labute approximate surface area is 130 Å². The van der Waals surface area contributed by atoms with Gasteiger partial charge in [-0.05, 0) is 36.1 Å². The van der Waals surface area contributed by atoms with E-state index in [1.54, 1.807) is 7.11 Å². The third-order valence-electron chi connectivity index (χ3n) is 4.14. The molecule has 0 fully saturated rings. The monoisotopic (exact) mass is 293 g/mol. The van der Waals surface area contributed by atoms with Crippen molar-refractivity contribution in [1.82, 2.24) is 0 Å². The van der Waals surface area contributed by atoms with Crippen molar-refractivity contribution >= 4 is 11.3 Å². The van der Waals surface area contributed by atoms with Crippen LogP contribution in [0, 0.1) is 0 Å². The second-order valence-electron chi connectivity index (χ2n) is 5.39. The van der Waals surface area contributed by atoms with Crippen LogP contribution in [0.25, 0.3) is 5.57 Å². The number of hydrogen-bond acceptors (Lipinski definition) is 3. The van der Waals surface area contributed by atoms with Crippen LogP contribution in [0.2, 0.25) is 0 Å². The van der Waals surface area contributed by atoms with Crippen molar-refractivity contribution in [2.24, 2.45) is 5.16 Å². The van der Waals surface area contributed by atoms with Gasteiger partial charge in [0, 0.05) is 11.5 Å². The number of methoxy groups -OCH3 is 1. The Morgan fingerprint density at radius 3 is 2.50 bits per heavy atom. The minimum atomic E-state index is 0.240. The number of benzene rings is 2. The largest absolute Gasteiger partial charge is 0.496 e. The average molecular weight is 293 g/mol. The SMILES string of the molecule is COc1ccccc1C1CC/C(=N/O)C=C1c1ccccc1. The fourth-order valence-electron chi connectivity index (χ4n) is 3.07. The van der Waals surface area contributed by atoms with Gasteiger partial charge in [-0.15, -0.1) is 0 Å². The summed E-state index contributed by atoms with van der Waals surface area (Å²) in [5.74, 6) is 1.14. The summed E-state index contributed by atoms with van der Waals surface area (Å²) in [5.41, 5.74) is 4.23. The number of oxime groups is 1. The second-order valence-corrected chi connectivity index (χ2v) is 5.39. The van der Waals surface area contributed by atoms with Crippen LogP contribution < -0.4 is 4.74 Å². The molecule has 0 aliphatic heterocycles. The summed E-state index contributed by atoms with van der Waals surface area (Å²) >= 11 is 0. The van der Waals surface area contributed by atoms with E-state index in [0.717, 1.165) is 29.9 Å². The molecule has 2 aromatic carbocycles. The van der Waals surface area contributed by atoms with Gasteiger partial charge in [0.05, 0.1) is 12.8 Å². The van der Waals surface area contributed by atoms with Crippen molar-refractivity contribution in [3.8, 4) is 5.75 Å². The maximum Gasteiger partial charge on any atom is 0.122 e. The first-order valence-corrected chi connectivity index (χ1v) is 7.44. The molecule has 0 bridgehead atoms. The van der Waals surface area contributed by atoms with E-state index in [0.29, 0.717) is 0 Å². The lowest BCUT2D eigenvalue weighted by atomic mass is 9.78. The van der Waals surface area contributed by atoms with Gasteiger partial charge in [0.25, 0.3) is 0 Å². The summed E-state index contributed by atoms with van der Waals surface area (Å²) in [4.78, 5) is 0. The first-order chi connectivity index (χ1) is 10.8. The van der Waals surface area contributed by atoms with Gasteiger partial charge in [-0.3, -0.25) is 0 Å². The number of hydrogen-bond donors (Lipinski definition) is 1. The lowest BCUT2D eigenvalue weighted by Crippen LogP contribution is -2.13. The molecule has 0 saturated heterocycles. The fraction of sp³-hybridized carbons (Fsp3) is 0.211. The summed E-state index contributed by atoms with van der Waals surface area (Å²) in [6.07, 6.45) is 3.66. The van der Waals surface area contributed by atoms with Crippen molar-refractivity contribution in [3.05, 3.63) is 71.8 Å². The van der Waals surface area contributed by atoms with Gasteiger partial charge in [-0.2, -0.15) is 0 Å². The molecule has 1 aliphatic rings. The van der Waals surface area contributed by atoms with Crippen LogP contribution in [0.4, 0.5) is 0 Å². The Balaban J connectivity index is 2.10. The standard InChI is InChI=1S/C19H19NO2/c1-22-19-10-6-5-9-17(19)16-12-11-15(20-21)13-18(16)14-7-3-2-4-8-14/h2-10,13,16,21H,11-12H2,1H3/b20-15-. The Hall–Kier alpha value is -2.55. The molecule has 0 saturated carbocycles. The molecular formula is C19H19NO2. The molecule has 112 valence electrons. The maximum atomic E-state index is 9.13. The third kappa shape index (κ3) is 2.75.